The fraction of sp³-hybridized carbons (Fsp3) is 0.458. The van der Waals surface area contributed by atoms with Gasteiger partial charge in [-0.2, -0.15) is 5.48 Å². The number of fused-ring (bicyclic) bond motifs is 1. The van der Waals surface area contributed by atoms with Gasteiger partial charge in [-0.15, -0.1) is 0 Å². The number of halogens is 1. The van der Waals surface area contributed by atoms with Crippen LogP contribution in [-0.4, -0.2) is 46.9 Å². The Morgan fingerprint density at radius 1 is 1.25 bits per heavy atom. The van der Waals surface area contributed by atoms with Crippen molar-refractivity contribution >= 4 is 11.8 Å². The van der Waals surface area contributed by atoms with Gasteiger partial charge in [-0.3, -0.25) is 14.6 Å². The summed E-state index contributed by atoms with van der Waals surface area (Å²) in [6, 6.07) is 7.60. The average molecular weight is 443 g/mol. The lowest BCUT2D eigenvalue weighted by molar-refractivity contribution is -0.142. The molecule has 2 amide bonds. The van der Waals surface area contributed by atoms with Crippen LogP contribution in [0.5, 0.6) is 0 Å². The number of amides is 2. The maximum atomic E-state index is 14.1. The Hall–Kier alpha value is -2.84. The Balaban J connectivity index is 0.00000289. The lowest BCUT2D eigenvalue weighted by Gasteiger charge is -2.36. The molecule has 1 saturated carbocycles. The van der Waals surface area contributed by atoms with E-state index in [0.717, 1.165) is 24.0 Å². The Morgan fingerprint density at radius 3 is 2.75 bits per heavy atom. The summed E-state index contributed by atoms with van der Waals surface area (Å²) in [6.45, 7) is 0.324. The minimum atomic E-state index is -0.570. The second-order valence-electron chi connectivity index (χ2n) is 8.19. The zero-order valence-electron chi connectivity index (χ0n) is 17.5. The van der Waals surface area contributed by atoms with Crippen LogP contribution in [-0.2, 0) is 33.8 Å². The van der Waals surface area contributed by atoms with Crippen LogP contribution in [0.4, 0.5) is 4.39 Å². The number of nitrogens with one attached hydrogen (secondary N) is 2. The Kier molecular flexibility index (Phi) is 7.93. The van der Waals surface area contributed by atoms with E-state index in [1.54, 1.807) is 35.5 Å². The number of hydrogen-bond donors (Lipinski definition) is 2. The van der Waals surface area contributed by atoms with E-state index in [9.17, 15) is 14.0 Å². The van der Waals surface area contributed by atoms with Crippen molar-refractivity contribution in [1.29, 1.82) is 0 Å². The Bertz CT molecular complexity index is 950. The van der Waals surface area contributed by atoms with Crippen LogP contribution in [0, 0.1) is 5.82 Å². The first-order valence-electron chi connectivity index (χ1n) is 10.6. The summed E-state index contributed by atoms with van der Waals surface area (Å²) in [7, 11) is 1.47. The molecule has 1 aliphatic heterocycles. The zero-order valence-corrected chi connectivity index (χ0v) is 17.5. The molecule has 0 radical (unpaired) electrons. The van der Waals surface area contributed by atoms with Gasteiger partial charge in [0.1, 0.15) is 11.9 Å². The average Bonchev–Trinajstić information content (AvgIpc) is 3.58. The molecule has 2 aromatic rings. The smallest absolute Gasteiger partial charge is 0.243 e. The van der Waals surface area contributed by atoms with Gasteiger partial charge in [0.05, 0.1) is 7.11 Å². The van der Waals surface area contributed by atoms with Crippen molar-refractivity contribution in [3.63, 3.8) is 0 Å². The van der Waals surface area contributed by atoms with E-state index in [2.05, 4.69) is 15.8 Å². The summed E-state index contributed by atoms with van der Waals surface area (Å²) >= 11 is 0. The molecule has 2 atom stereocenters. The molecule has 1 aromatic heterocycles. The third-order valence-electron chi connectivity index (χ3n) is 5.81. The molecule has 0 saturated heterocycles. The number of hydrogen-bond acceptors (Lipinski definition) is 5. The molecule has 2 N–H and O–H groups in total. The number of carbonyl (C=O) groups excluding carboxylic acids is 2. The van der Waals surface area contributed by atoms with Gasteiger partial charge >= 0.3 is 0 Å². The van der Waals surface area contributed by atoms with E-state index in [4.69, 9.17) is 4.84 Å². The highest BCUT2D eigenvalue weighted by Gasteiger charge is 2.37. The molecule has 2 aliphatic rings. The van der Waals surface area contributed by atoms with Gasteiger partial charge in [-0.25, -0.2) is 4.39 Å². The van der Waals surface area contributed by atoms with Crippen molar-refractivity contribution in [2.75, 3.05) is 7.11 Å². The molecular formula is C24H31FN4O3. The molecule has 2 heterocycles. The standard InChI is InChI=1S/C23H27FN4O3.CH4/c1-31-27-19(10-16-4-2-3-5-20(16)24)12-22(29)28-14-17-13-25-9-8-15(17)11-21(28)23(30)26-18-6-7-18;/h2-5,8-9,13,18-19,21,27H,6-7,10-12,14H2,1H3,(H,26,30);1H4. The summed E-state index contributed by atoms with van der Waals surface area (Å²) in [5.41, 5.74) is 5.28. The van der Waals surface area contributed by atoms with E-state index >= 15 is 0 Å². The van der Waals surface area contributed by atoms with Gasteiger partial charge in [0, 0.05) is 43.9 Å². The van der Waals surface area contributed by atoms with Crippen LogP contribution < -0.4 is 10.8 Å². The lowest BCUT2D eigenvalue weighted by atomic mass is 9.93. The maximum absolute atomic E-state index is 14.1. The van der Waals surface area contributed by atoms with E-state index in [1.165, 1.54) is 13.2 Å². The number of rotatable bonds is 8. The van der Waals surface area contributed by atoms with E-state index in [1.807, 2.05) is 6.07 Å². The van der Waals surface area contributed by atoms with Gasteiger partial charge in [0.15, 0.2) is 0 Å². The van der Waals surface area contributed by atoms with Crippen molar-refractivity contribution in [3.8, 4) is 0 Å². The quantitative estimate of drug-likeness (QED) is 0.614. The number of carbonyl (C=O) groups is 2. The predicted molar refractivity (Wildman–Crippen MR) is 119 cm³/mol. The second-order valence-corrected chi connectivity index (χ2v) is 8.19. The Labute approximate surface area is 188 Å². The fourth-order valence-electron chi connectivity index (χ4n) is 4.01. The van der Waals surface area contributed by atoms with Crippen LogP contribution in [0.3, 0.4) is 0 Å². The molecule has 0 spiro atoms. The van der Waals surface area contributed by atoms with Crippen molar-refractivity contribution < 1.29 is 18.8 Å². The van der Waals surface area contributed by atoms with Crippen molar-refractivity contribution in [2.45, 2.75) is 64.2 Å². The number of nitrogens with zero attached hydrogens (tertiary/aromatic N) is 2. The molecule has 1 aromatic carbocycles. The van der Waals surface area contributed by atoms with Gasteiger partial charge in [0.2, 0.25) is 11.8 Å². The first-order valence-corrected chi connectivity index (χ1v) is 10.6. The van der Waals surface area contributed by atoms with Crippen LogP contribution in [0.2, 0.25) is 0 Å². The molecule has 4 rings (SSSR count). The third-order valence-corrected chi connectivity index (χ3v) is 5.81. The van der Waals surface area contributed by atoms with Crippen molar-refractivity contribution in [3.05, 3.63) is 65.2 Å². The molecule has 1 aliphatic carbocycles. The van der Waals surface area contributed by atoms with Crippen LogP contribution in [0.1, 0.15) is 43.4 Å². The van der Waals surface area contributed by atoms with E-state index < -0.39 is 12.1 Å². The summed E-state index contributed by atoms with van der Waals surface area (Å²) in [4.78, 5) is 37.1. The van der Waals surface area contributed by atoms with Crippen LogP contribution >= 0.6 is 0 Å². The summed E-state index contributed by atoms with van der Waals surface area (Å²) < 4.78 is 14.1. The second kappa shape index (κ2) is 10.7. The Morgan fingerprint density at radius 2 is 2.03 bits per heavy atom. The van der Waals surface area contributed by atoms with Gasteiger partial charge in [0.25, 0.3) is 0 Å². The highest BCUT2D eigenvalue weighted by molar-refractivity contribution is 5.89. The highest BCUT2D eigenvalue weighted by Crippen LogP contribution is 2.26. The third kappa shape index (κ3) is 5.69. The summed E-state index contributed by atoms with van der Waals surface area (Å²) in [5.74, 6) is -0.627. The van der Waals surface area contributed by atoms with Crippen molar-refractivity contribution in [2.24, 2.45) is 0 Å². The predicted octanol–water partition coefficient (Wildman–Crippen LogP) is 2.54. The van der Waals surface area contributed by atoms with Gasteiger partial charge in [-0.05, 0) is 48.1 Å². The molecule has 7 nitrogen and oxygen atoms in total. The molecule has 172 valence electrons. The molecule has 1 fully saturated rings. The van der Waals surface area contributed by atoms with E-state index in [-0.39, 0.29) is 43.9 Å². The highest BCUT2D eigenvalue weighted by atomic mass is 19.1. The lowest BCUT2D eigenvalue weighted by Crippen LogP contribution is -2.54. The van der Waals surface area contributed by atoms with Crippen LogP contribution in [0.25, 0.3) is 0 Å². The fourth-order valence-corrected chi connectivity index (χ4v) is 4.01. The SMILES string of the molecule is C.CONC(CC(=O)N1Cc2cnccc2CC1C(=O)NC1CC1)Cc1ccccc1F. The van der Waals surface area contributed by atoms with Gasteiger partial charge in [-0.1, -0.05) is 25.6 Å². The number of benzene rings is 1. The monoisotopic (exact) mass is 442 g/mol. The molecule has 2 unspecified atom stereocenters. The molecule has 32 heavy (non-hydrogen) atoms. The number of aromatic nitrogens is 1. The number of pyridine rings is 1. The first kappa shape index (κ1) is 23.8. The number of hydroxylamine groups is 1. The topological polar surface area (TPSA) is 83.6 Å². The largest absolute Gasteiger partial charge is 0.352 e. The molecule has 0 bridgehead atoms. The zero-order chi connectivity index (χ0) is 21.8. The first-order chi connectivity index (χ1) is 15.0. The molecule has 8 heteroatoms. The summed E-state index contributed by atoms with van der Waals surface area (Å²) in [6.07, 6.45) is 6.23. The minimum Gasteiger partial charge on any atom is -0.352 e. The van der Waals surface area contributed by atoms with Crippen LogP contribution in [0.15, 0.2) is 42.7 Å². The normalized spacial score (nSPS) is 18.3. The summed E-state index contributed by atoms with van der Waals surface area (Å²) in [5, 5.41) is 3.03. The van der Waals surface area contributed by atoms with Crippen molar-refractivity contribution in [1.82, 2.24) is 20.7 Å². The minimum absolute atomic E-state index is 0. The van der Waals surface area contributed by atoms with Gasteiger partial charge < -0.3 is 15.1 Å². The maximum Gasteiger partial charge on any atom is 0.243 e. The molecular weight excluding hydrogens is 411 g/mol. The van der Waals surface area contributed by atoms with E-state index in [0.29, 0.717) is 18.5 Å².